The van der Waals surface area contributed by atoms with Gasteiger partial charge in [-0.15, -0.1) is 0 Å². The molecule has 1 N–H and O–H groups in total. The molecule has 112 valence electrons. The lowest BCUT2D eigenvalue weighted by Crippen LogP contribution is -2.32. The van der Waals surface area contributed by atoms with E-state index in [1.54, 1.807) is 0 Å². The minimum atomic E-state index is -3.58. The molecule has 5 nitrogen and oxygen atoms in total. The Hall–Kier alpha value is -0.850. The molecule has 7 heteroatoms. The predicted octanol–water partition coefficient (Wildman–Crippen LogP) is 2.23. The highest BCUT2D eigenvalue weighted by molar-refractivity contribution is 7.89. The molecular formula is C13H19ClN2O3S. The molecule has 1 aromatic heterocycles. The number of nitrogens with zero attached hydrogens (tertiary/aromatic N) is 1. The lowest BCUT2D eigenvalue weighted by molar-refractivity contribution is 0.407. The molecule has 2 rings (SSSR count). The number of hydrogen-bond acceptors (Lipinski definition) is 3. The van der Waals surface area contributed by atoms with E-state index in [0.717, 1.165) is 25.7 Å². The molecular weight excluding hydrogens is 300 g/mol. The number of aromatic amines is 1. The third-order valence-electron chi connectivity index (χ3n) is 3.85. The fourth-order valence-corrected chi connectivity index (χ4v) is 4.25. The Kier molecular flexibility index (Phi) is 4.88. The van der Waals surface area contributed by atoms with E-state index in [9.17, 15) is 13.2 Å². The van der Waals surface area contributed by atoms with Crippen LogP contribution in [0.15, 0.2) is 22.0 Å². The highest BCUT2D eigenvalue weighted by Crippen LogP contribution is 2.24. The van der Waals surface area contributed by atoms with Crippen LogP contribution in [-0.4, -0.2) is 30.8 Å². The molecule has 0 aliphatic carbocycles. The summed E-state index contributed by atoms with van der Waals surface area (Å²) in [6.07, 6.45) is 5.11. The summed E-state index contributed by atoms with van der Waals surface area (Å²) in [6, 6.07) is 1.22. The van der Waals surface area contributed by atoms with Crippen molar-refractivity contribution in [2.75, 3.05) is 13.1 Å². The largest absolute Gasteiger partial charge is 0.326 e. The van der Waals surface area contributed by atoms with Gasteiger partial charge in [0.1, 0.15) is 5.02 Å². The van der Waals surface area contributed by atoms with Gasteiger partial charge in [-0.25, -0.2) is 8.42 Å². The molecule has 1 atom stereocenters. The molecule has 1 aromatic rings. The number of H-pyrrole nitrogens is 1. The molecule has 1 unspecified atom stereocenters. The molecule has 1 fully saturated rings. The monoisotopic (exact) mass is 318 g/mol. The Morgan fingerprint density at radius 1 is 1.40 bits per heavy atom. The molecule has 1 saturated heterocycles. The van der Waals surface area contributed by atoms with Crippen LogP contribution in [0.5, 0.6) is 0 Å². The summed E-state index contributed by atoms with van der Waals surface area (Å²) >= 11 is 5.71. The van der Waals surface area contributed by atoms with E-state index in [2.05, 4.69) is 11.9 Å². The van der Waals surface area contributed by atoms with Gasteiger partial charge in [-0.3, -0.25) is 4.79 Å². The van der Waals surface area contributed by atoms with Gasteiger partial charge in [0.2, 0.25) is 10.0 Å². The quantitative estimate of drug-likeness (QED) is 0.929. The second-order valence-corrected chi connectivity index (χ2v) is 7.47. The lowest BCUT2D eigenvalue weighted by atomic mass is 9.98. The second-order valence-electron chi connectivity index (χ2n) is 5.12. The van der Waals surface area contributed by atoms with Crippen LogP contribution in [0.2, 0.25) is 5.02 Å². The Balaban J connectivity index is 2.25. The zero-order valence-corrected chi connectivity index (χ0v) is 13.0. The Bertz CT molecular complexity index is 627. The van der Waals surface area contributed by atoms with E-state index in [-0.39, 0.29) is 9.92 Å². The molecule has 20 heavy (non-hydrogen) atoms. The Labute approximate surface area is 124 Å². The van der Waals surface area contributed by atoms with Gasteiger partial charge in [-0.1, -0.05) is 24.9 Å². The van der Waals surface area contributed by atoms with Gasteiger partial charge >= 0.3 is 0 Å². The van der Waals surface area contributed by atoms with Crippen molar-refractivity contribution in [3.05, 3.63) is 27.6 Å². The van der Waals surface area contributed by atoms with Crippen LogP contribution in [0, 0.1) is 5.92 Å². The van der Waals surface area contributed by atoms with Gasteiger partial charge < -0.3 is 4.98 Å². The molecule has 0 bridgehead atoms. The molecule has 1 aliphatic rings. The third-order valence-corrected chi connectivity index (χ3v) is 6.01. The maximum absolute atomic E-state index is 12.5. The number of halogens is 1. The van der Waals surface area contributed by atoms with Crippen molar-refractivity contribution in [1.29, 1.82) is 0 Å². The van der Waals surface area contributed by atoms with E-state index in [1.165, 1.54) is 16.6 Å². The van der Waals surface area contributed by atoms with E-state index >= 15 is 0 Å². The van der Waals surface area contributed by atoms with Crippen molar-refractivity contribution in [3.8, 4) is 0 Å². The molecule has 0 aromatic carbocycles. The standard InChI is InChI=1S/C13H19ClN2O3S/c1-2-10-4-3-6-16(7-5-10)20(18,19)11-8-12(14)13(17)15-9-11/h8-10H,2-7H2,1H3,(H,15,17). The van der Waals surface area contributed by atoms with Crippen LogP contribution in [-0.2, 0) is 10.0 Å². The number of hydrogen-bond donors (Lipinski definition) is 1. The molecule has 0 spiro atoms. The summed E-state index contributed by atoms with van der Waals surface area (Å²) in [7, 11) is -3.58. The van der Waals surface area contributed by atoms with E-state index < -0.39 is 15.6 Å². The summed E-state index contributed by atoms with van der Waals surface area (Å²) in [5, 5.41) is -0.104. The zero-order valence-electron chi connectivity index (χ0n) is 11.4. The average Bonchev–Trinajstić information content (AvgIpc) is 2.67. The minimum Gasteiger partial charge on any atom is -0.326 e. The zero-order chi connectivity index (χ0) is 14.8. The molecule has 1 aliphatic heterocycles. The van der Waals surface area contributed by atoms with Gasteiger partial charge in [0, 0.05) is 19.3 Å². The van der Waals surface area contributed by atoms with Gasteiger partial charge in [0.05, 0.1) is 4.90 Å². The van der Waals surface area contributed by atoms with Crippen molar-refractivity contribution in [2.45, 2.75) is 37.5 Å². The van der Waals surface area contributed by atoms with Crippen molar-refractivity contribution >= 4 is 21.6 Å². The van der Waals surface area contributed by atoms with Crippen LogP contribution >= 0.6 is 11.6 Å². The first-order valence-electron chi connectivity index (χ1n) is 6.83. The number of sulfonamides is 1. The van der Waals surface area contributed by atoms with Crippen molar-refractivity contribution < 1.29 is 8.42 Å². The summed E-state index contributed by atoms with van der Waals surface area (Å²) in [6.45, 7) is 3.18. The van der Waals surface area contributed by atoms with Crippen molar-refractivity contribution in [3.63, 3.8) is 0 Å². The summed E-state index contributed by atoms with van der Waals surface area (Å²) in [5.74, 6) is 0.592. The first-order chi connectivity index (χ1) is 9.45. The summed E-state index contributed by atoms with van der Waals surface area (Å²) < 4.78 is 26.6. The summed E-state index contributed by atoms with van der Waals surface area (Å²) in [4.78, 5) is 13.6. The van der Waals surface area contributed by atoms with Crippen LogP contribution in [0.4, 0.5) is 0 Å². The highest BCUT2D eigenvalue weighted by atomic mass is 35.5. The number of rotatable bonds is 3. The molecule has 0 radical (unpaired) electrons. The highest BCUT2D eigenvalue weighted by Gasteiger charge is 2.27. The topological polar surface area (TPSA) is 70.2 Å². The van der Waals surface area contributed by atoms with Gasteiger partial charge in [0.25, 0.3) is 5.56 Å². The average molecular weight is 319 g/mol. The fraction of sp³-hybridized carbons (Fsp3) is 0.615. The van der Waals surface area contributed by atoms with Crippen molar-refractivity contribution in [1.82, 2.24) is 9.29 Å². The van der Waals surface area contributed by atoms with Crippen LogP contribution < -0.4 is 5.56 Å². The number of aromatic nitrogens is 1. The minimum absolute atomic E-state index is 0.0528. The van der Waals surface area contributed by atoms with Crippen LogP contribution in [0.1, 0.15) is 32.6 Å². The Morgan fingerprint density at radius 3 is 2.80 bits per heavy atom. The number of nitrogens with one attached hydrogen (secondary N) is 1. The predicted molar refractivity (Wildman–Crippen MR) is 78.5 cm³/mol. The first-order valence-corrected chi connectivity index (χ1v) is 8.65. The van der Waals surface area contributed by atoms with Crippen LogP contribution in [0.25, 0.3) is 0 Å². The molecule has 0 amide bonds. The van der Waals surface area contributed by atoms with Crippen molar-refractivity contribution in [2.24, 2.45) is 5.92 Å². The maximum Gasteiger partial charge on any atom is 0.266 e. The Morgan fingerprint density at radius 2 is 2.15 bits per heavy atom. The normalized spacial score (nSPS) is 21.6. The lowest BCUT2D eigenvalue weighted by Gasteiger charge is -2.20. The molecule has 0 saturated carbocycles. The maximum atomic E-state index is 12.5. The molecule has 2 heterocycles. The van der Waals surface area contributed by atoms with E-state index in [0.29, 0.717) is 19.0 Å². The van der Waals surface area contributed by atoms with Gasteiger partial charge in [-0.05, 0) is 31.2 Å². The van der Waals surface area contributed by atoms with Gasteiger partial charge in [-0.2, -0.15) is 4.31 Å². The SMILES string of the molecule is CCC1CCCN(S(=O)(=O)c2c[nH]c(=O)c(Cl)c2)CC1. The smallest absolute Gasteiger partial charge is 0.266 e. The second kappa shape index (κ2) is 6.28. The third kappa shape index (κ3) is 3.24. The first kappa shape index (κ1) is 15.5. The summed E-state index contributed by atoms with van der Waals surface area (Å²) in [5.41, 5.74) is -0.479. The van der Waals surface area contributed by atoms with Crippen LogP contribution in [0.3, 0.4) is 0 Å². The van der Waals surface area contributed by atoms with E-state index in [4.69, 9.17) is 11.6 Å². The number of pyridine rings is 1. The van der Waals surface area contributed by atoms with E-state index in [1.807, 2.05) is 0 Å². The fourth-order valence-electron chi connectivity index (χ4n) is 2.52. The van der Waals surface area contributed by atoms with Gasteiger partial charge in [0.15, 0.2) is 0 Å².